The number of primary amides is 2. The second-order valence-corrected chi connectivity index (χ2v) is 6.61. The predicted molar refractivity (Wildman–Crippen MR) is 105 cm³/mol. The number of aliphatic carboxylic acids is 2. The van der Waals surface area contributed by atoms with Gasteiger partial charge in [0.15, 0.2) is 0 Å². The number of amides is 5. The van der Waals surface area contributed by atoms with E-state index in [4.69, 9.17) is 27.4 Å². The van der Waals surface area contributed by atoms with Gasteiger partial charge in [-0.2, -0.15) is 12.6 Å². The Labute approximate surface area is 180 Å². The van der Waals surface area contributed by atoms with E-state index in [1.807, 2.05) is 5.32 Å². The Morgan fingerprint density at radius 2 is 1.13 bits per heavy atom. The quantitative estimate of drug-likeness (QED) is 0.110. The fourth-order valence-electron chi connectivity index (χ4n) is 2.11. The number of rotatable bonds is 14. The van der Waals surface area contributed by atoms with Crippen molar-refractivity contribution in [1.82, 2.24) is 16.0 Å². The Morgan fingerprint density at radius 1 is 0.710 bits per heavy atom. The highest BCUT2D eigenvalue weighted by molar-refractivity contribution is 7.80. The number of carboxylic acids is 2. The first kappa shape index (κ1) is 27.6. The molecule has 0 aromatic carbocycles. The van der Waals surface area contributed by atoms with Crippen LogP contribution in [0.1, 0.15) is 19.3 Å². The summed E-state index contributed by atoms with van der Waals surface area (Å²) in [5, 5.41) is 23.9. The zero-order valence-electron chi connectivity index (χ0n) is 16.1. The van der Waals surface area contributed by atoms with Gasteiger partial charge in [0.05, 0.1) is 25.3 Å². The number of thiol groups is 1. The maximum absolute atomic E-state index is 12.4. The second kappa shape index (κ2) is 13.0. The normalized spacial score (nSPS) is 14.3. The van der Waals surface area contributed by atoms with Crippen molar-refractivity contribution >= 4 is 54.1 Å². The van der Waals surface area contributed by atoms with Crippen molar-refractivity contribution in [3.05, 3.63) is 0 Å². The summed E-state index contributed by atoms with van der Waals surface area (Å²) in [5.41, 5.74) is 15.3. The third kappa shape index (κ3) is 10.8. The van der Waals surface area contributed by atoms with Gasteiger partial charge in [-0.25, -0.2) is 4.79 Å². The lowest BCUT2D eigenvalue weighted by molar-refractivity contribution is -0.144. The fourth-order valence-corrected chi connectivity index (χ4v) is 2.37. The number of hydrogen-bond acceptors (Lipinski definition) is 9. The van der Waals surface area contributed by atoms with E-state index >= 15 is 0 Å². The molecular formula is C15H24N6O9S. The minimum Gasteiger partial charge on any atom is -0.481 e. The standard InChI is InChI=1S/C15H24N6O9S/c16-5(1-11(24)25)12(26)21-8(4-31)14(28)19-6(2-9(17)22)13(27)20-7(15(29)30)3-10(18)23/h5-8,31H,1-4,16H2,(H2,17,22)(H2,18,23)(H,19,28)(H,20,27)(H,21,26)(H,24,25)(H,29,30). The summed E-state index contributed by atoms with van der Waals surface area (Å²) in [5.74, 6) is -8.47. The molecule has 4 atom stereocenters. The monoisotopic (exact) mass is 464 g/mol. The third-order valence-corrected chi connectivity index (χ3v) is 3.97. The maximum Gasteiger partial charge on any atom is 0.326 e. The Morgan fingerprint density at radius 3 is 1.55 bits per heavy atom. The van der Waals surface area contributed by atoms with Gasteiger partial charge in [0.2, 0.25) is 29.5 Å². The summed E-state index contributed by atoms with van der Waals surface area (Å²) in [6.07, 6.45) is -2.21. The van der Waals surface area contributed by atoms with Crippen LogP contribution in [0.2, 0.25) is 0 Å². The Kier molecular flexibility index (Phi) is 11.6. The number of carbonyl (C=O) groups is 7. The van der Waals surface area contributed by atoms with Crippen LogP contribution < -0.4 is 33.2 Å². The zero-order chi connectivity index (χ0) is 24.3. The van der Waals surface area contributed by atoms with Crippen LogP contribution in [0, 0.1) is 0 Å². The lowest BCUT2D eigenvalue weighted by Gasteiger charge is -2.23. The number of carbonyl (C=O) groups excluding carboxylic acids is 5. The second-order valence-electron chi connectivity index (χ2n) is 6.25. The minimum absolute atomic E-state index is 0.304. The average molecular weight is 464 g/mol. The van der Waals surface area contributed by atoms with Crippen LogP contribution in [0.3, 0.4) is 0 Å². The van der Waals surface area contributed by atoms with Gasteiger partial charge in [-0.1, -0.05) is 0 Å². The summed E-state index contributed by atoms with van der Waals surface area (Å²) < 4.78 is 0. The molecule has 0 saturated carbocycles. The largest absolute Gasteiger partial charge is 0.481 e. The molecule has 0 rings (SSSR count). The molecule has 0 aliphatic rings. The van der Waals surface area contributed by atoms with Crippen LogP contribution >= 0.6 is 12.6 Å². The first-order valence-electron chi connectivity index (χ1n) is 8.57. The minimum atomic E-state index is -1.73. The molecule has 5 amide bonds. The van der Waals surface area contributed by atoms with Crippen molar-refractivity contribution < 1.29 is 43.8 Å². The first-order valence-corrected chi connectivity index (χ1v) is 9.20. The Bertz CT molecular complexity index is 746. The van der Waals surface area contributed by atoms with Gasteiger partial charge in [-0.05, 0) is 0 Å². The molecule has 0 radical (unpaired) electrons. The van der Waals surface area contributed by atoms with Gasteiger partial charge >= 0.3 is 11.9 Å². The smallest absolute Gasteiger partial charge is 0.326 e. The number of nitrogens with one attached hydrogen (secondary N) is 3. The molecule has 0 aliphatic heterocycles. The van der Waals surface area contributed by atoms with Crippen molar-refractivity contribution in [1.29, 1.82) is 0 Å². The van der Waals surface area contributed by atoms with E-state index in [0.717, 1.165) is 0 Å². The number of hydrogen-bond donors (Lipinski definition) is 9. The molecule has 11 N–H and O–H groups in total. The van der Waals surface area contributed by atoms with Crippen LogP contribution in [0.15, 0.2) is 0 Å². The summed E-state index contributed by atoms with van der Waals surface area (Å²) in [4.78, 5) is 80.6. The zero-order valence-corrected chi connectivity index (χ0v) is 17.0. The number of carboxylic acid groups (broad SMARTS) is 2. The van der Waals surface area contributed by atoms with Crippen molar-refractivity contribution in [2.24, 2.45) is 17.2 Å². The summed E-state index contributed by atoms with van der Waals surface area (Å²) in [7, 11) is 0. The molecule has 31 heavy (non-hydrogen) atoms. The van der Waals surface area contributed by atoms with Gasteiger partial charge in [-0.15, -0.1) is 0 Å². The molecule has 0 aromatic rings. The maximum atomic E-state index is 12.4. The SMILES string of the molecule is NC(=O)CC(NC(=O)C(CC(N)=O)NC(=O)C(CS)NC(=O)C(N)CC(=O)O)C(=O)O. The van der Waals surface area contributed by atoms with Gasteiger partial charge in [0, 0.05) is 5.75 Å². The van der Waals surface area contributed by atoms with Crippen LogP contribution in [-0.2, 0) is 33.6 Å². The van der Waals surface area contributed by atoms with Gasteiger partial charge in [0.25, 0.3) is 0 Å². The molecule has 174 valence electrons. The number of nitrogens with two attached hydrogens (primary N) is 3. The molecule has 0 fully saturated rings. The highest BCUT2D eigenvalue weighted by atomic mass is 32.1. The van der Waals surface area contributed by atoms with Gasteiger partial charge < -0.3 is 43.4 Å². The van der Waals surface area contributed by atoms with E-state index in [1.165, 1.54) is 0 Å². The predicted octanol–water partition coefficient (Wildman–Crippen LogP) is -4.99. The van der Waals surface area contributed by atoms with Crippen LogP contribution in [0.5, 0.6) is 0 Å². The van der Waals surface area contributed by atoms with E-state index in [0.29, 0.717) is 0 Å². The Balaban J connectivity index is 5.32. The van der Waals surface area contributed by atoms with Crippen molar-refractivity contribution in [2.45, 2.75) is 43.4 Å². The molecule has 0 bridgehead atoms. The summed E-state index contributed by atoms with van der Waals surface area (Å²) >= 11 is 3.88. The van der Waals surface area contributed by atoms with E-state index in [2.05, 4.69) is 23.3 Å². The topological polar surface area (TPSA) is 274 Å². The lowest BCUT2D eigenvalue weighted by atomic mass is 10.1. The highest BCUT2D eigenvalue weighted by Gasteiger charge is 2.31. The molecule has 16 heteroatoms. The first-order chi connectivity index (χ1) is 14.3. The van der Waals surface area contributed by atoms with E-state index in [9.17, 15) is 33.6 Å². The van der Waals surface area contributed by atoms with Gasteiger partial charge in [0.1, 0.15) is 18.1 Å². The lowest BCUT2D eigenvalue weighted by Crippen LogP contribution is -2.58. The molecule has 15 nitrogen and oxygen atoms in total. The molecule has 0 heterocycles. The van der Waals surface area contributed by atoms with Crippen molar-refractivity contribution in [3.8, 4) is 0 Å². The van der Waals surface area contributed by atoms with Crippen molar-refractivity contribution in [2.75, 3.05) is 5.75 Å². The van der Waals surface area contributed by atoms with E-state index in [1.54, 1.807) is 0 Å². The van der Waals surface area contributed by atoms with Crippen molar-refractivity contribution in [3.63, 3.8) is 0 Å². The van der Waals surface area contributed by atoms with Gasteiger partial charge in [-0.3, -0.25) is 28.8 Å². The molecular weight excluding hydrogens is 440 g/mol. The van der Waals surface area contributed by atoms with E-state index in [-0.39, 0.29) is 5.75 Å². The molecule has 0 aliphatic carbocycles. The molecule has 4 unspecified atom stereocenters. The van der Waals surface area contributed by atoms with E-state index < -0.39 is 84.9 Å². The highest BCUT2D eigenvalue weighted by Crippen LogP contribution is 2.00. The van der Waals surface area contributed by atoms with Crippen LogP contribution in [0.4, 0.5) is 0 Å². The summed E-state index contributed by atoms with van der Waals surface area (Å²) in [6, 6.07) is -6.25. The third-order valence-electron chi connectivity index (χ3n) is 3.61. The molecule has 0 aromatic heterocycles. The van der Waals surface area contributed by atoms with Crippen LogP contribution in [0.25, 0.3) is 0 Å². The molecule has 0 saturated heterocycles. The summed E-state index contributed by atoms with van der Waals surface area (Å²) in [6.45, 7) is 0. The average Bonchev–Trinajstić information content (AvgIpc) is 2.62. The molecule has 0 spiro atoms. The Hall–Kier alpha value is -3.40. The van der Waals surface area contributed by atoms with Crippen LogP contribution in [-0.4, -0.2) is 81.6 Å². The fraction of sp³-hybridized carbons (Fsp3) is 0.533.